The second-order valence-corrected chi connectivity index (χ2v) is 6.13. The van der Waals surface area contributed by atoms with Crippen molar-refractivity contribution >= 4 is 5.78 Å². The van der Waals surface area contributed by atoms with Crippen molar-refractivity contribution in [1.29, 1.82) is 0 Å². The first kappa shape index (κ1) is 14.5. The number of nitrogens with zero attached hydrogens (tertiary/aromatic N) is 2. The normalized spacial score (nSPS) is 20.5. The summed E-state index contributed by atoms with van der Waals surface area (Å²) in [5, 5.41) is 0. The van der Waals surface area contributed by atoms with Crippen molar-refractivity contribution in [2.75, 3.05) is 33.3 Å². The number of piperazine rings is 1. The van der Waals surface area contributed by atoms with Crippen molar-refractivity contribution in [3.05, 3.63) is 29.3 Å². The van der Waals surface area contributed by atoms with E-state index in [1.165, 1.54) is 25.9 Å². The molecule has 0 aromatic heterocycles. The Morgan fingerprint density at radius 3 is 2.52 bits per heavy atom. The van der Waals surface area contributed by atoms with Crippen LogP contribution in [0.5, 0.6) is 5.75 Å². The quantitative estimate of drug-likeness (QED) is 0.778. The average Bonchev–Trinajstić information content (AvgIpc) is 3.32. The van der Waals surface area contributed by atoms with Gasteiger partial charge >= 0.3 is 0 Å². The molecule has 1 saturated heterocycles. The van der Waals surface area contributed by atoms with Crippen molar-refractivity contribution in [2.45, 2.75) is 32.4 Å². The van der Waals surface area contributed by atoms with E-state index in [9.17, 15) is 4.79 Å². The van der Waals surface area contributed by atoms with E-state index in [4.69, 9.17) is 4.74 Å². The maximum atomic E-state index is 11.6. The van der Waals surface area contributed by atoms with E-state index < -0.39 is 0 Å². The fourth-order valence-corrected chi connectivity index (χ4v) is 3.09. The minimum absolute atomic E-state index is 0.109. The standard InChI is InChI=1S/C17H24N2O2/c1-13(20)14-3-6-17(21-2)15(11-14)12-18-7-9-19(10-8-18)16-4-5-16/h3,6,11,16H,4-5,7-10,12H2,1-2H3. The van der Waals surface area contributed by atoms with E-state index in [2.05, 4.69) is 9.80 Å². The lowest BCUT2D eigenvalue weighted by Gasteiger charge is -2.35. The molecule has 0 unspecified atom stereocenters. The number of ketones is 1. The number of Topliss-reactive ketones (excluding diaryl/α,β-unsaturated/α-hetero) is 1. The third-order valence-electron chi connectivity index (χ3n) is 4.55. The fourth-order valence-electron chi connectivity index (χ4n) is 3.09. The van der Waals surface area contributed by atoms with Crippen molar-refractivity contribution in [3.63, 3.8) is 0 Å². The molecule has 2 fully saturated rings. The lowest BCUT2D eigenvalue weighted by atomic mass is 10.1. The largest absolute Gasteiger partial charge is 0.496 e. The maximum Gasteiger partial charge on any atom is 0.159 e. The zero-order chi connectivity index (χ0) is 14.8. The Morgan fingerprint density at radius 2 is 1.95 bits per heavy atom. The van der Waals surface area contributed by atoms with E-state index in [0.29, 0.717) is 0 Å². The van der Waals surface area contributed by atoms with Gasteiger partial charge in [-0.1, -0.05) is 0 Å². The molecule has 0 atom stereocenters. The zero-order valence-electron chi connectivity index (χ0n) is 13.0. The summed E-state index contributed by atoms with van der Waals surface area (Å²) in [4.78, 5) is 16.6. The first-order valence-electron chi connectivity index (χ1n) is 7.81. The van der Waals surface area contributed by atoms with Crippen LogP contribution in [0.2, 0.25) is 0 Å². The molecular formula is C17H24N2O2. The Bertz CT molecular complexity index is 518. The Morgan fingerprint density at radius 1 is 1.24 bits per heavy atom. The molecule has 4 nitrogen and oxygen atoms in total. The molecule has 3 rings (SSSR count). The zero-order valence-corrected chi connectivity index (χ0v) is 13.0. The summed E-state index contributed by atoms with van der Waals surface area (Å²) in [6.45, 7) is 7.01. The molecule has 0 bridgehead atoms. The Balaban J connectivity index is 1.66. The number of hydrogen-bond donors (Lipinski definition) is 0. The molecule has 0 amide bonds. The van der Waals surface area contributed by atoms with Crippen LogP contribution in [0.15, 0.2) is 18.2 Å². The summed E-state index contributed by atoms with van der Waals surface area (Å²) in [7, 11) is 1.69. The maximum absolute atomic E-state index is 11.6. The van der Waals surface area contributed by atoms with E-state index in [-0.39, 0.29) is 5.78 Å². The van der Waals surface area contributed by atoms with E-state index in [0.717, 1.165) is 42.6 Å². The second kappa shape index (κ2) is 6.16. The Kier molecular flexibility index (Phi) is 4.27. The van der Waals surface area contributed by atoms with Gasteiger partial charge in [-0.3, -0.25) is 14.6 Å². The van der Waals surface area contributed by atoms with Crippen LogP contribution >= 0.6 is 0 Å². The summed E-state index contributed by atoms with van der Waals surface area (Å²) in [5.41, 5.74) is 1.88. The molecule has 1 saturated carbocycles. The van der Waals surface area contributed by atoms with E-state index >= 15 is 0 Å². The van der Waals surface area contributed by atoms with E-state index in [1.807, 2.05) is 18.2 Å². The highest BCUT2D eigenvalue weighted by Crippen LogP contribution is 2.28. The van der Waals surface area contributed by atoms with Gasteiger partial charge < -0.3 is 4.74 Å². The highest BCUT2D eigenvalue weighted by atomic mass is 16.5. The second-order valence-electron chi connectivity index (χ2n) is 6.13. The number of rotatable bonds is 5. The predicted molar refractivity (Wildman–Crippen MR) is 82.9 cm³/mol. The highest BCUT2D eigenvalue weighted by molar-refractivity contribution is 5.94. The van der Waals surface area contributed by atoms with Gasteiger partial charge in [0.15, 0.2) is 5.78 Å². The van der Waals surface area contributed by atoms with Gasteiger partial charge in [-0.05, 0) is 38.0 Å². The minimum Gasteiger partial charge on any atom is -0.496 e. The topological polar surface area (TPSA) is 32.8 Å². The van der Waals surface area contributed by atoms with Gasteiger partial charge in [0.2, 0.25) is 0 Å². The molecule has 4 heteroatoms. The van der Waals surface area contributed by atoms with Crippen LogP contribution in [0.4, 0.5) is 0 Å². The molecule has 1 heterocycles. The van der Waals surface area contributed by atoms with Crippen LogP contribution in [0.3, 0.4) is 0 Å². The number of ether oxygens (including phenoxy) is 1. The fraction of sp³-hybridized carbons (Fsp3) is 0.588. The van der Waals surface area contributed by atoms with Crippen LogP contribution in [-0.4, -0.2) is 54.9 Å². The summed E-state index contributed by atoms with van der Waals surface area (Å²) in [6.07, 6.45) is 2.77. The van der Waals surface area contributed by atoms with Crippen molar-refractivity contribution in [2.24, 2.45) is 0 Å². The molecular weight excluding hydrogens is 264 g/mol. The molecule has 1 aromatic carbocycles. The Labute approximate surface area is 126 Å². The van der Waals surface area contributed by atoms with Crippen LogP contribution in [0, 0.1) is 0 Å². The average molecular weight is 288 g/mol. The van der Waals surface area contributed by atoms with Crippen LogP contribution in [0.25, 0.3) is 0 Å². The number of benzene rings is 1. The number of hydrogen-bond acceptors (Lipinski definition) is 4. The molecule has 0 radical (unpaired) electrons. The number of methoxy groups -OCH3 is 1. The van der Waals surface area contributed by atoms with E-state index in [1.54, 1.807) is 14.0 Å². The molecule has 21 heavy (non-hydrogen) atoms. The monoisotopic (exact) mass is 288 g/mol. The van der Waals surface area contributed by atoms with Gasteiger partial charge in [-0.15, -0.1) is 0 Å². The van der Waals surface area contributed by atoms with Crippen molar-refractivity contribution < 1.29 is 9.53 Å². The Hall–Kier alpha value is -1.39. The summed E-state index contributed by atoms with van der Waals surface area (Å²) < 4.78 is 5.44. The lowest BCUT2D eigenvalue weighted by Crippen LogP contribution is -2.46. The minimum atomic E-state index is 0.109. The van der Waals surface area contributed by atoms with Crippen LogP contribution in [-0.2, 0) is 6.54 Å². The molecule has 0 N–H and O–H groups in total. The molecule has 0 spiro atoms. The van der Waals surface area contributed by atoms with Gasteiger partial charge in [-0.25, -0.2) is 0 Å². The first-order valence-corrected chi connectivity index (χ1v) is 7.81. The van der Waals surface area contributed by atoms with Gasteiger partial charge in [0.1, 0.15) is 5.75 Å². The highest BCUT2D eigenvalue weighted by Gasteiger charge is 2.31. The van der Waals surface area contributed by atoms with Crippen molar-refractivity contribution in [1.82, 2.24) is 9.80 Å². The summed E-state index contributed by atoms with van der Waals surface area (Å²) >= 11 is 0. The molecule has 114 valence electrons. The lowest BCUT2D eigenvalue weighted by molar-refractivity contribution is 0.101. The van der Waals surface area contributed by atoms with Gasteiger partial charge in [0.25, 0.3) is 0 Å². The summed E-state index contributed by atoms with van der Waals surface area (Å²) in [6, 6.07) is 6.60. The number of carbonyl (C=O) groups is 1. The smallest absolute Gasteiger partial charge is 0.159 e. The van der Waals surface area contributed by atoms with Crippen LogP contribution < -0.4 is 4.74 Å². The predicted octanol–water partition coefficient (Wildman–Crippen LogP) is 2.18. The number of carbonyl (C=O) groups excluding carboxylic acids is 1. The van der Waals surface area contributed by atoms with Gasteiger partial charge in [-0.2, -0.15) is 0 Å². The summed E-state index contributed by atoms with van der Waals surface area (Å²) in [5.74, 6) is 0.988. The van der Waals surface area contributed by atoms with Crippen molar-refractivity contribution in [3.8, 4) is 5.75 Å². The molecule has 1 aliphatic heterocycles. The third-order valence-corrected chi connectivity index (χ3v) is 4.55. The molecule has 1 aliphatic carbocycles. The SMILES string of the molecule is COc1ccc(C(C)=O)cc1CN1CCN(C2CC2)CC1. The third kappa shape index (κ3) is 3.44. The first-order chi connectivity index (χ1) is 10.2. The van der Waals surface area contributed by atoms with Gasteiger partial charge in [0.05, 0.1) is 7.11 Å². The van der Waals surface area contributed by atoms with Gasteiger partial charge in [0, 0.05) is 49.9 Å². The molecule has 1 aromatic rings. The van der Waals surface area contributed by atoms with Crippen LogP contribution in [0.1, 0.15) is 35.7 Å². The molecule has 2 aliphatic rings.